The third kappa shape index (κ3) is 3.84. The second-order valence-electron chi connectivity index (χ2n) is 8.70. The maximum Gasteiger partial charge on any atom is 0.410 e. The predicted octanol–water partition coefficient (Wildman–Crippen LogP) is 4.13. The summed E-state index contributed by atoms with van der Waals surface area (Å²) in [6.07, 6.45) is 1.06. The van der Waals surface area contributed by atoms with Gasteiger partial charge in [0, 0.05) is 13.1 Å². The van der Waals surface area contributed by atoms with Crippen LogP contribution >= 0.6 is 23.4 Å². The summed E-state index contributed by atoms with van der Waals surface area (Å²) in [4.78, 5) is 29.7. The molecule has 2 aromatic heterocycles. The zero-order valence-electron chi connectivity index (χ0n) is 18.3. The number of halogens is 2. The Kier molecular flexibility index (Phi) is 5.58. The van der Waals surface area contributed by atoms with Gasteiger partial charge in [0.1, 0.15) is 28.4 Å². The molecular weight excluding hydrogens is 445 g/mol. The van der Waals surface area contributed by atoms with E-state index in [-0.39, 0.29) is 40.8 Å². The van der Waals surface area contributed by atoms with Crippen LogP contribution in [-0.2, 0) is 4.74 Å². The molecule has 8 nitrogen and oxygen atoms in total. The van der Waals surface area contributed by atoms with Crippen molar-refractivity contribution >= 4 is 46.2 Å². The Balaban J connectivity index is 1.82. The van der Waals surface area contributed by atoms with Crippen LogP contribution in [0.25, 0.3) is 10.9 Å². The molecule has 0 bridgehead atoms. The molecule has 0 spiro atoms. The van der Waals surface area contributed by atoms with Gasteiger partial charge >= 0.3 is 6.09 Å². The molecule has 0 aromatic carbocycles. The quantitative estimate of drug-likeness (QED) is 0.350. The molecule has 11 heteroatoms. The highest BCUT2D eigenvalue weighted by Gasteiger charge is 2.45. The van der Waals surface area contributed by atoms with Gasteiger partial charge in [-0.05, 0) is 40.9 Å². The lowest BCUT2D eigenvalue weighted by molar-refractivity contribution is 0.00451. The van der Waals surface area contributed by atoms with Crippen LogP contribution in [0.5, 0.6) is 5.88 Å². The van der Waals surface area contributed by atoms with Gasteiger partial charge in [-0.15, -0.1) is 0 Å². The second kappa shape index (κ2) is 7.81. The molecule has 31 heavy (non-hydrogen) atoms. The van der Waals surface area contributed by atoms with E-state index < -0.39 is 11.4 Å². The number of nitrogens with zero attached hydrogens (tertiary/aromatic N) is 5. The average Bonchev–Trinajstić information content (AvgIpc) is 2.80. The van der Waals surface area contributed by atoms with Crippen LogP contribution in [0.2, 0.25) is 5.15 Å². The number of rotatable bonds is 1. The number of anilines is 1. The standard InChI is InChI=1S/C20H25ClFN5O3S/c1-9-14-10(2)29-17-11-13(12(22)15(21)24-17)23-18(31-6)25-16(11)27(14)8-7-26(9)19(28)30-20(3,4)5/h9-10,14H,7-8H2,1-6H3. The molecule has 3 unspecified atom stereocenters. The summed E-state index contributed by atoms with van der Waals surface area (Å²) in [5, 5.41) is 0.520. The van der Waals surface area contributed by atoms with Crippen molar-refractivity contribution in [3.63, 3.8) is 0 Å². The lowest BCUT2D eigenvalue weighted by atomic mass is 9.98. The zero-order chi connectivity index (χ0) is 22.7. The van der Waals surface area contributed by atoms with E-state index in [1.165, 1.54) is 11.8 Å². The number of hydrogen-bond acceptors (Lipinski definition) is 8. The van der Waals surface area contributed by atoms with Gasteiger partial charge in [-0.1, -0.05) is 23.4 Å². The summed E-state index contributed by atoms with van der Waals surface area (Å²) in [7, 11) is 0. The van der Waals surface area contributed by atoms with Crippen molar-refractivity contribution in [3.05, 3.63) is 11.0 Å². The third-order valence-corrected chi connectivity index (χ3v) is 6.26. The first-order valence-corrected chi connectivity index (χ1v) is 11.7. The monoisotopic (exact) mass is 469 g/mol. The zero-order valence-corrected chi connectivity index (χ0v) is 19.8. The first kappa shape index (κ1) is 22.1. The highest BCUT2D eigenvalue weighted by molar-refractivity contribution is 7.98. The van der Waals surface area contributed by atoms with E-state index in [4.69, 9.17) is 21.1 Å². The molecule has 4 rings (SSSR count). The van der Waals surface area contributed by atoms with Crippen molar-refractivity contribution in [2.45, 2.75) is 63.6 Å². The number of thioether (sulfide) groups is 1. The number of fused-ring (bicyclic) bond motifs is 2. The number of hydrogen-bond donors (Lipinski definition) is 0. The van der Waals surface area contributed by atoms with Gasteiger partial charge in [-0.3, -0.25) is 0 Å². The lowest BCUT2D eigenvalue weighted by Crippen LogP contribution is -2.64. The Labute approximate surface area is 189 Å². The van der Waals surface area contributed by atoms with Crippen molar-refractivity contribution in [1.29, 1.82) is 0 Å². The summed E-state index contributed by atoms with van der Waals surface area (Å²) in [5.74, 6) is 0.0361. The third-order valence-electron chi connectivity index (χ3n) is 5.46. The smallest absolute Gasteiger partial charge is 0.410 e. The Morgan fingerprint density at radius 1 is 1.26 bits per heavy atom. The maximum atomic E-state index is 14.9. The molecule has 0 radical (unpaired) electrons. The molecule has 2 aliphatic rings. The summed E-state index contributed by atoms with van der Waals surface area (Å²) in [6.45, 7) is 10.3. The van der Waals surface area contributed by atoms with Gasteiger partial charge in [0.05, 0.1) is 12.1 Å². The number of aromatic nitrogens is 3. The first-order valence-electron chi connectivity index (χ1n) is 10.1. The van der Waals surface area contributed by atoms with E-state index >= 15 is 0 Å². The van der Waals surface area contributed by atoms with E-state index in [1.54, 1.807) is 4.90 Å². The maximum absolute atomic E-state index is 14.9. The number of carbonyl (C=O) groups is 1. The number of piperazine rings is 1. The summed E-state index contributed by atoms with van der Waals surface area (Å²) >= 11 is 7.35. The summed E-state index contributed by atoms with van der Waals surface area (Å²) in [5.41, 5.74) is -0.514. The fraction of sp³-hybridized carbons (Fsp3) is 0.600. The Bertz CT molecular complexity index is 1050. The van der Waals surface area contributed by atoms with Crippen LogP contribution in [0.4, 0.5) is 15.0 Å². The molecular formula is C20H25ClFN5O3S. The van der Waals surface area contributed by atoms with Crippen LogP contribution in [-0.4, -0.2) is 69.1 Å². The lowest BCUT2D eigenvalue weighted by Gasteiger charge is -2.47. The molecule has 0 saturated carbocycles. The highest BCUT2D eigenvalue weighted by Crippen LogP contribution is 2.42. The molecule has 1 saturated heterocycles. The van der Waals surface area contributed by atoms with Crippen LogP contribution in [0.3, 0.4) is 0 Å². The number of pyridine rings is 1. The van der Waals surface area contributed by atoms with Crippen LogP contribution in [0.15, 0.2) is 5.16 Å². The van der Waals surface area contributed by atoms with Crippen molar-refractivity contribution in [2.24, 2.45) is 0 Å². The van der Waals surface area contributed by atoms with E-state index in [0.717, 1.165) is 0 Å². The normalized spacial score (nSPS) is 23.3. The number of amides is 1. The molecule has 0 N–H and O–H groups in total. The van der Waals surface area contributed by atoms with Crippen LogP contribution < -0.4 is 9.64 Å². The minimum atomic E-state index is -0.700. The van der Waals surface area contributed by atoms with Crippen LogP contribution in [0.1, 0.15) is 34.6 Å². The van der Waals surface area contributed by atoms with Gasteiger partial charge < -0.3 is 19.3 Å². The molecule has 2 aromatic rings. The van der Waals surface area contributed by atoms with Gasteiger partial charge in [-0.25, -0.2) is 19.2 Å². The van der Waals surface area contributed by atoms with Gasteiger partial charge in [0.15, 0.2) is 16.1 Å². The van der Waals surface area contributed by atoms with Crippen molar-refractivity contribution in [2.75, 3.05) is 24.2 Å². The largest absolute Gasteiger partial charge is 0.472 e. The van der Waals surface area contributed by atoms with Crippen molar-refractivity contribution in [3.8, 4) is 5.88 Å². The minimum absolute atomic E-state index is 0.0828. The molecule has 168 valence electrons. The molecule has 3 atom stereocenters. The molecule has 4 heterocycles. The first-order chi connectivity index (χ1) is 14.5. The average molecular weight is 470 g/mol. The van der Waals surface area contributed by atoms with Gasteiger partial charge in [-0.2, -0.15) is 4.98 Å². The summed E-state index contributed by atoms with van der Waals surface area (Å²) in [6, 6.07) is -0.513. The van der Waals surface area contributed by atoms with E-state index in [9.17, 15) is 9.18 Å². The highest BCUT2D eigenvalue weighted by atomic mass is 35.5. The molecule has 2 aliphatic heterocycles. The van der Waals surface area contributed by atoms with Crippen molar-refractivity contribution in [1.82, 2.24) is 19.9 Å². The van der Waals surface area contributed by atoms with Gasteiger partial charge in [0.25, 0.3) is 0 Å². The number of ether oxygens (including phenoxy) is 2. The second-order valence-corrected chi connectivity index (χ2v) is 9.83. The predicted molar refractivity (Wildman–Crippen MR) is 118 cm³/mol. The Morgan fingerprint density at radius 3 is 2.61 bits per heavy atom. The SMILES string of the molecule is CSc1nc2c3c(nc(Cl)c(F)c3n1)OC(C)C1C(C)N(C(=O)OC(C)(C)C)CCN21. The topological polar surface area (TPSA) is 80.7 Å². The molecule has 1 fully saturated rings. The Hall–Kier alpha value is -2.07. The van der Waals surface area contributed by atoms with E-state index in [0.29, 0.717) is 29.5 Å². The van der Waals surface area contributed by atoms with E-state index in [1.807, 2.05) is 40.9 Å². The number of carbonyl (C=O) groups excluding carboxylic acids is 1. The molecule has 0 aliphatic carbocycles. The minimum Gasteiger partial charge on any atom is -0.472 e. The van der Waals surface area contributed by atoms with Crippen LogP contribution in [0, 0.1) is 5.82 Å². The molecule has 1 amide bonds. The summed E-state index contributed by atoms with van der Waals surface area (Å²) < 4.78 is 26.6. The van der Waals surface area contributed by atoms with Gasteiger partial charge in [0.2, 0.25) is 5.88 Å². The van der Waals surface area contributed by atoms with E-state index in [2.05, 4.69) is 19.9 Å². The Morgan fingerprint density at radius 2 is 1.97 bits per heavy atom. The fourth-order valence-corrected chi connectivity index (χ4v) is 4.72. The fourth-order valence-electron chi connectivity index (χ4n) is 4.19. The van der Waals surface area contributed by atoms with Crippen molar-refractivity contribution < 1.29 is 18.7 Å².